The van der Waals surface area contributed by atoms with Crippen molar-refractivity contribution in [1.29, 1.82) is 0 Å². The van der Waals surface area contributed by atoms with Gasteiger partial charge in [0, 0.05) is 23.7 Å². The van der Waals surface area contributed by atoms with Crippen LogP contribution in [0.25, 0.3) is 0 Å². The summed E-state index contributed by atoms with van der Waals surface area (Å²) in [5.74, 6) is -0.578. The summed E-state index contributed by atoms with van der Waals surface area (Å²) in [6, 6.07) is 9.00. The molecule has 0 unspecified atom stereocenters. The molecule has 0 atom stereocenters. The summed E-state index contributed by atoms with van der Waals surface area (Å²) in [6.45, 7) is 0. The van der Waals surface area contributed by atoms with Crippen molar-refractivity contribution >= 4 is 17.6 Å². The lowest BCUT2D eigenvalue weighted by Gasteiger charge is -2.05. The molecule has 3 rings (SSSR count). The Labute approximate surface area is 127 Å². The zero-order valence-corrected chi connectivity index (χ0v) is 12.0. The van der Waals surface area contributed by atoms with Crippen LogP contribution >= 0.6 is 0 Å². The van der Waals surface area contributed by atoms with Crippen molar-refractivity contribution < 1.29 is 14.7 Å². The van der Waals surface area contributed by atoms with Crippen molar-refractivity contribution in [3.8, 4) is 0 Å². The lowest BCUT2D eigenvalue weighted by Crippen LogP contribution is -2.12. The van der Waals surface area contributed by atoms with Gasteiger partial charge in [-0.1, -0.05) is 12.1 Å². The SMILES string of the molecule is O=C(O)CCc1cccc(NC(=O)c2cc(C3CC3)[nH]n2)c1. The number of aromatic nitrogens is 2. The molecule has 1 aromatic heterocycles. The smallest absolute Gasteiger partial charge is 0.303 e. The van der Waals surface area contributed by atoms with E-state index in [-0.39, 0.29) is 12.3 Å². The van der Waals surface area contributed by atoms with Crippen LogP contribution < -0.4 is 5.32 Å². The van der Waals surface area contributed by atoms with Gasteiger partial charge in [-0.15, -0.1) is 0 Å². The van der Waals surface area contributed by atoms with E-state index >= 15 is 0 Å². The first kappa shape index (κ1) is 14.3. The fourth-order valence-corrected chi connectivity index (χ4v) is 2.31. The Hall–Kier alpha value is -2.63. The number of aliphatic carboxylic acids is 1. The molecule has 0 radical (unpaired) electrons. The van der Waals surface area contributed by atoms with Crippen LogP contribution in [0.15, 0.2) is 30.3 Å². The second kappa shape index (κ2) is 6.01. The maximum atomic E-state index is 12.2. The lowest BCUT2D eigenvalue weighted by molar-refractivity contribution is -0.136. The van der Waals surface area contributed by atoms with Gasteiger partial charge >= 0.3 is 5.97 Å². The van der Waals surface area contributed by atoms with Crippen molar-refractivity contribution in [3.63, 3.8) is 0 Å². The third-order valence-electron chi connectivity index (χ3n) is 3.66. The Morgan fingerprint density at radius 3 is 2.86 bits per heavy atom. The van der Waals surface area contributed by atoms with E-state index in [4.69, 9.17) is 5.11 Å². The zero-order valence-electron chi connectivity index (χ0n) is 12.0. The summed E-state index contributed by atoms with van der Waals surface area (Å²) < 4.78 is 0. The molecule has 114 valence electrons. The fraction of sp³-hybridized carbons (Fsp3) is 0.312. The lowest BCUT2D eigenvalue weighted by atomic mass is 10.1. The Morgan fingerprint density at radius 1 is 1.32 bits per heavy atom. The fourth-order valence-electron chi connectivity index (χ4n) is 2.31. The van der Waals surface area contributed by atoms with Crippen LogP contribution in [0, 0.1) is 0 Å². The number of benzene rings is 1. The molecule has 0 saturated heterocycles. The number of H-pyrrole nitrogens is 1. The van der Waals surface area contributed by atoms with Gasteiger partial charge in [0.1, 0.15) is 0 Å². The van der Waals surface area contributed by atoms with E-state index in [0.717, 1.165) is 24.1 Å². The molecule has 1 heterocycles. The average molecular weight is 299 g/mol. The van der Waals surface area contributed by atoms with Crippen molar-refractivity contribution in [1.82, 2.24) is 10.2 Å². The van der Waals surface area contributed by atoms with Gasteiger partial charge in [0.15, 0.2) is 5.69 Å². The van der Waals surface area contributed by atoms with Crippen LogP contribution in [0.3, 0.4) is 0 Å². The van der Waals surface area contributed by atoms with E-state index in [2.05, 4.69) is 15.5 Å². The van der Waals surface area contributed by atoms with Crippen LogP contribution in [0.2, 0.25) is 0 Å². The minimum Gasteiger partial charge on any atom is -0.481 e. The molecule has 1 aliphatic rings. The van der Waals surface area contributed by atoms with Gasteiger partial charge < -0.3 is 10.4 Å². The second-order valence-corrected chi connectivity index (χ2v) is 5.53. The number of anilines is 1. The molecule has 1 aliphatic carbocycles. The van der Waals surface area contributed by atoms with E-state index in [0.29, 0.717) is 23.7 Å². The van der Waals surface area contributed by atoms with Gasteiger partial charge in [0.2, 0.25) is 0 Å². The van der Waals surface area contributed by atoms with Crippen LogP contribution in [0.5, 0.6) is 0 Å². The normalized spacial score (nSPS) is 13.8. The van der Waals surface area contributed by atoms with Gasteiger partial charge in [0.25, 0.3) is 5.91 Å². The molecule has 0 bridgehead atoms. The minimum atomic E-state index is -0.835. The molecule has 22 heavy (non-hydrogen) atoms. The van der Waals surface area contributed by atoms with Crippen molar-refractivity contribution in [2.45, 2.75) is 31.6 Å². The van der Waals surface area contributed by atoms with E-state index in [1.165, 1.54) is 0 Å². The van der Waals surface area contributed by atoms with Crippen LogP contribution in [0.1, 0.15) is 46.9 Å². The van der Waals surface area contributed by atoms with E-state index in [1.54, 1.807) is 24.3 Å². The van der Waals surface area contributed by atoms with Crippen molar-refractivity contribution in [2.24, 2.45) is 0 Å². The number of nitrogens with one attached hydrogen (secondary N) is 2. The molecule has 1 saturated carbocycles. The average Bonchev–Trinajstić information content (AvgIpc) is 3.22. The first-order chi connectivity index (χ1) is 10.6. The van der Waals surface area contributed by atoms with Crippen LogP contribution in [-0.4, -0.2) is 27.2 Å². The highest BCUT2D eigenvalue weighted by Gasteiger charge is 2.26. The molecular formula is C16H17N3O3. The van der Waals surface area contributed by atoms with Gasteiger partial charge in [-0.2, -0.15) is 5.10 Å². The summed E-state index contributed by atoms with van der Waals surface area (Å²) in [7, 11) is 0. The highest BCUT2D eigenvalue weighted by Crippen LogP contribution is 2.39. The Kier molecular flexibility index (Phi) is 3.91. The quantitative estimate of drug-likeness (QED) is 0.764. The summed E-state index contributed by atoms with van der Waals surface area (Å²) in [5, 5.41) is 18.4. The summed E-state index contributed by atoms with van der Waals surface area (Å²) in [4.78, 5) is 22.8. The maximum Gasteiger partial charge on any atom is 0.303 e. The minimum absolute atomic E-state index is 0.0709. The zero-order chi connectivity index (χ0) is 15.5. The monoisotopic (exact) mass is 299 g/mol. The number of carbonyl (C=O) groups is 2. The number of nitrogens with zero attached hydrogens (tertiary/aromatic N) is 1. The Bertz CT molecular complexity index is 704. The summed E-state index contributed by atoms with van der Waals surface area (Å²) >= 11 is 0. The summed E-state index contributed by atoms with van der Waals surface area (Å²) in [6.07, 6.45) is 2.80. The first-order valence-corrected chi connectivity index (χ1v) is 7.29. The molecule has 2 aromatic rings. The number of carboxylic acids is 1. The first-order valence-electron chi connectivity index (χ1n) is 7.29. The molecule has 0 spiro atoms. The number of rotatable bonds is 6. The van der Waals surface area contributed by atoms with E-state index in [9.17, 15) is 9.59 Å². The highest BCUT2D eigenvalue weighted by atomic mass is 16.4. The predicted molar refractivity (Wildman–Crippen MR) is 80.9 cm³/mol. The molecular weight excluding hydrogens is 282 g/mol. The van der Waals surface area contributed by atoms with Gasteiger partial charge in [-0.3, -0.25) is 14.7 Å². The van der Waals surface area contributed by atoms with Gasteiger partial charge in [-0.25, -0.2) is 0 Å². The van der Waals surface area contributed by atoms with Crippen molar-refractivity contribution in [3.05, 3.63) is 47.3 Å². The number of aromatic amines is 1. The van der Waals surface area contributed by atoms with Crippen LogP contribution in [-0.2, 0) is 11.2 Å². The molecule has 6 nitrogen and oxygen atoms in total. The van der Waals surface area contributed by atoms with Gasteiger partial charge in [-0.05, 0) is 43.0 Å². The van der Waals surface area contributed by atoms with E-state index < -0.39 is 5.97 Å². The standard InChI is InChI=1S/C16H17N3O3/c20-15(21)7-4-10-2-1-3-12(8-10)17-16(22)14-9-13(18-19-14)11-5-6-11/h1-3,8-9,11H,4-7H2,(H,17,22)(H,18,19)(H,20,21). The largest absolute Gasteiger partial charge is 0.481 e. The summed E-state index contributed by atoms with van der Waals surface area (Å²) in [5.41, 5.74) is 2.91. The molecule has 6 heteroatoms. The third-order valence-corrected chi connectivity index (χ3v) is 3.66. The maximum absolute atomic E-state index is 12.2. The molecule has 1 aromatic carbocycles. The Morgan fingerprint density at radius 2 is 2.14 bits per heavy atom. The molecule has 1 fully saturated rings. The van der Waals surface area contributed by atoms with Crippen LogP contribution in [0.4, 0.5) is 5.69 Å². The number of carboxylic acid groups (broad SMARTS) is 1. The molecule has 1 amide bonds. The number of hydrogen-bond donors (Lipinski definition) is 3. The number of carbonyl (C=O) groups excluding carboxylic acids is 1. The van der Waals surface area contributed by atoms with Gasteiger partial charge in [0.05, 0.1) is 0 Å². The molecule has 0 aliphatic heterocycles. The second-order valence-electron chi connectivity index (χ2n) is 5.53. The van der Waals surface area contributed by atoms with E-state index in [1.807, 2.05) is 6.07 Å². The predicted octanol–water partition coefficient (Wildman–Crippen LogP) is 2.56. The third kappa shape index (κ3) is 3.52. The number of hydrogen-bond acceptors (Lipinski definition) is 3. The Balaban J connectivity index is 1.64. The highest BCUT2D eigenvalue weighted by molar-refractivity contribution is 6.02. The van der Waals surface area contributed by atoms with Crippen molar-refractivity contribution in [2.75, 3.05) is 5.32 Å². The molecule has 3 N–H and O–H groups in total. The topological polar surface area (TPSA) is 95.1 Å². The number of amides is 1. The number of aryl methyl sites for hydroxylation is 1.